The number of rotatable bonds is 3. The maximum absolute atomic E-state index is 12.4. The highest BCUT2D eigenvalue weighted by Crippen LogP contribution is 2.23. The third-order valence-corrected chi connectivity index (χ3v) is 5.90. The summed E-state index contributed by atoms with van der Waals surface area (Å²) in [5.74, 6) is 0.445. The first-order valence-corrected chi connectivity index (χ1v) is 8.00. The molecular weight excluding hydrogens is 254 g/mol. The molecule has 106 valence electrons. The first-order valence-electron chi connectivity index (χ1n) is 6.60. The van der Waals surface area contributed by atoms with E-state index in [1.807, 2.05) is 6.92 Å². The Morgan fingerprint density at radius 1 is 1.11 bits per heavy atom. The summed E-state index contributed by atoms with van der Waals surface area (Å²) in [6, 6.07) is 0.151. The van der Waals surface area contributed by atoms with Crippen LogP contribution in [0.15, 0.2) is 0 Å². The molecule has 2 fully saturated rings. The molecule has 0 aromatic rings. The molecule has 7 heteroatoms. The van der Waals surface area contributed by atoms with E-state index in [9.17, 15) is 8.42 Å². The molecule has 2 N–H and O–H groups in total. The Labute approximate surface area is 109 Å². The van der Waals surface area contributed by atoms with Gasteiger partial charge in [-0.3, -0.25) is 0 Å². The zero-order chi connectivity index (χ0) is 13.2. The molecule has 1 atom stereocenters. The van der Waals surface area contributed by atoms with Gasteiger partial charge in [-0.1, -0.05) is 0 Å². The van der Waals surface area contributed by atoms with E-state index in [0.29, 0.717) is 45.3 Å². The molecule has 18 heavy (non-hydrogen) atoms. The molecule has 0 aromatic carbocycles. The van der Waals surface area contributed by atoms with E-state index < -0.39 is 10.2 Å². The van der Waals surface area contributed by atoms with Gasteiger partial charge in [-0.15, -0.1) is 0 Å². The van der Waals surface area contributed by atoms with E-state index in [4.69, 9.17) is 10.5 Å². The number of nitrogens with zero attached hydrogens (tertiary/aromatic N) is 2. The van der Waals surface area contributed by atoms with Gasteiger partial charge in [0.1, 0.15) is 0 Å². The maximum Gasteiger partial charge on any atom is 0.282 e. The van der Waals surface area contributed by atoms with E-state index in [0.717, 1.165) is 12.8 Å². The molecule has 2 saturated heterocycles. The molecule has 2 heterocycles. The lowest BCUT2D eigenvalue weighted by atomic mass is 9.92. The second-order valence-electron chi connectivity index (χ2n) is 5.11. The van der Waals surface area contributed by atoms with Gasteiger partial charge in [-0.25, -0.2) is 0 Å². The zero-order valence-electron chi connectivity index (χ0n) is 10.9. The average Bonchev–Trinajstić information content (AvgIpc) is 2.40. The lowest BCUT2D eigenvalue weighted by molar-refractivity contribution is 0.0692. The van der Waals surface area contributed by atoms with E-state index in [-0.39, 0.29) is 6.04 Å². The van der Waals surface area contributed by atoms with Crippen LogP contribution in [0.3, 0.4) is 0 Å². The minimum absolute atomic E-state index is 0.151. The molecule has 0 radical (unpaired) electrons. The van der Waals surface area contributed by atoms with Crippen molar-refractivity contribution in [1.82, 2.24) is 8.61 Å². The normalized spacial score (nSPS) is 27.2. The van der Waals surface area contributed by atoms with Crippen LogP contribution in [0.1, 0.15) is 19.8 Å². The predicted octanol–water partition coefficient (Wildman–Crippen LogP) is -0.377. The summed E-state index contributed by atoms with van der Waals surface area (Å²) in [4.78, 5) is 0. The van der Waals surface area contributed by atoms with E-state index in [2.05, 4.69) is 0 Å². The van der Waals surface area contributed by atoms with E-state index in [1.165, 1.54) is 4.31 Å². The number of piperidine rings is 1. The smallest absolute Gasteiger partial charge is 0.282 e. The van der Waals surface area contributed by atoms with Crippen LogP contribution in [0.4, 0.5) is 0 Å². The summed E-state index contributed by atoms with van der Waals surface area (Å²) in [7, 11) is -3.29. The zero-order valence-corrected chi connectivity index (χ0v) is 11.7. The van der Waals surface area contributed by atoms with Crippen molar-refractivity contribution < 1.29 is 13.2 Å². The number of nitrogens with two attached hydrogens (primary N) is 1. The minimum Gasteiger partial charge on any atom is -0.379 e. The van der Waals surface area contributed by atoms with Crippen LogP contribution in [0.5, 0.6) is 0 Å². The van der Waals surface area contributed by atoms with Crippen LogP contribution in [-0.4, -0.2) is 62.5 Å². The molecule has 2 aliphatic heterocycles. The van der Waals surface area contributed by atoms with Gasteiger partial charge in [-0.2, -0.15) is 17.0 Å². The van der Waals surface area contributed by atoms with Crippen molar-refractivity contribution in [3.8, 4) is 0 Å². The Hall–Kier alpha value is -0.210. The van der Waals surface area contributed by atoms with Crippen molar-refractivity contribution in [3.05, 3.63) is 0 Å². The van der Waals surface area contributed by atoms with Crippen LogP contribution < -0.4 is 5.73 Å². The van der Waals surface area contributed by atoms with Crippen molar-refractivity contribution in [3.63, 3.8) is 0 Å². The molecule has 2 aliphatic rings. The fraction of sp³-hybridized carbons (Fsp3) is 1.00. The topological polar surface area (TPSA) is 75.9 Å². The van der Waals surface area contributed by atoms with Gasteiger partial charge >= 0.3 is 0 Å². The van der Waals surface area contributed by atoms with Crippen molar-refractivity contribution in [1.29, 1.82) is 0 Å². The monoisotopic (exact) mass is 277 g/mol. The Morgan fingerprint density at radius 3 is 2.11 bits per heavy atom. The maximum atomic E-state index is 12.4. The average molecular weight is 277 g/mol. The van der Waals surface area contributed by atoms with Crippen LogP contribution in [0, 0.1) is 5.92 Å². The number of hydrogen-bond donors (Lipinski definition) is 1. The van der Waals surface area contributed by atoms with Crippen molar-refractivity contribution in [2.45, 2.75) is 25.8 Å². The van der Waals surface area contributed by atoms with Crippen LogP contribution >= 0.6 is 0 Å². The predicted molar refractivity (Wildman–Crippen MR) is 69.3 cm³/mol. The van der Waals surface area contributed by atoms with E-state index >= 15 is 0 Å². The van der Waals surface area contributed by atoms with Crippen LogP contribution in [-0.2, 0) is 14.9 Å². The molecule has 0 bridgehead atoms. The SMILES string of the molecule is CC(N)C1CCN(S(=O)(=O)N2CCOCC2)CC1. The van der Waals surface area contributed by atoms with Crippen molar-refractivity contribution in [2.75, 3.05) is 39.4 Å². The highest BCUT2D eigenvalue weighted by Gasteiger charge is 2.34. The Bertz CT molecular complexity index is 358. The van der Waals surface area contributed by atoms with Crippen molar-refractivity contribution in [2.24, 2.45) is 11.7 Å². The van der Waals surface area contributed by atoms with Crippen LogP contribution in [0.2, 0.25) is 0 Å². The molecule has 0 spiro atoms. The summed E-state index contributed by atoms with van der Waals surface area (Å²) in [6.07, 6.45) is 1.72. The fourth-order valence-corrected chi connectivity index (χ4v) is 4.18. The Balaban J connectivity index is 1.95. The van der Waals surface area contributed by atoms with Gasteiger partial charge < -0.3 is 10.5 Å². The summed E-state index contributed by atoms with van der Waals surface area (Å²) in [6.45, 7) is 5.10. The molecule has 6 nitrogen and oxygen atoms in total. The third-order valence-electron chi connectivity index (χ3n) is 3.86. The Kier molecular flexibility index (Phi) is 4.60. The first-order chi connectivity index (χ1) is 8.51. The van der Waals surface area contributed by atoms with E-state index in [1.54, 1.807) is 4.31 Å². The summed E-state index contributed by atoms with van der Waals surface area (Å²) in [5.41, 5.74) is 5.87. The highest BCUT2D eigenvalue weighted by atomic mass is 32.2. The van der Waals surface area contributed by atoms with Crippen LogP contribution in [0.25, 0.3) is 0 Å². The quantitative estimate of drug-likeness (QED) is 0.763. The largest absolute Gasteiger partial charge is 0.379 e. The number of hydrogen-bond acceptors (Lipinski definition) is 4. The van der Waals surface area contributed by atoms with Crippen molar-refractivity contribution >= 4 is 10.2 Å². The molecule has 2 rings (SSSR count). The third kappa shape index (κ3) is 3.03. The fourth-order valence-electron chi connectivity index (χ4n) is 2.57. The lowest BCUT2D eigenvalue weighted by Gasteiger charge is -2.37. The second-order valence-corrected chi connectivity index (χ2v) is 7.04. The second kappa shape index (κ2) is 5.83. The molecule has 0 amide bonds. The molecule has 1 unspecified atom stereocenters. The first kappa shape index (κ1) is 14.2. The van der Waals surface area contributed by atoms with Gasteiger partial charge in [0, 0.05) is 32.2 Å². The van der Waals surface area contributed by atoms with Gasteiger partial charge in [-0.05, 0) is 25.7 Å². The van der Waals surface area contributed by atoms with Gasteiger partial charge in [0.25, 0.3) is 10.2 Å². The summed E-state index contributed by atoms with van der Waals surface area (Å²) < 4.78 is 33.1. The number of morpholine rings is 1. The van der Waals surface area contributed by atoms with Gasteiger partial charge in [0.05, 0.1) is 13.2 Å². The lowest BCUT2D eigenvalue weighted by Crippen LogP contribution is -2.51. The molecule has 0 aromatic heterocycles. The minimum atomic E-state index is -3.29. The standard InChI is InChI=1S/C11H23N3O3S/c1-10(12)11-2-4-13(5-3-11)18(15,16)14-6-8-17-9-7-14/h10-11H,2-9,12H2,1H3. The number of ether oxygens (including phenoxy) is 1. The Morgan fingerprint density at radius 2 is 1.61 bits per heavy atom. The van der Waals surface area contributed by atoms with Gasteiger partial charge in [0.15, 0.2) is 0 Å². The van der Waals surface area contributed by atoms with Gasteiger partial charge in [0.2, 0.25) is 0 Å². The molecule has 0 saturated carbocycles. The summed E-state index contributed by atoms with van der Waals surface area (Å²) in [5, 5.41) is 0. The summed E-state index contributed by atoms with van der Waals surface area (Å²) >= 11 is 0. The molecule has 0 aliphatic carbocycles. The molecular formula is C11H23N3O3S. The highest BCUT2D eigenvalue weighted by molar-refractivity contribution is 7.86.